The molecule has 0 aliphatic heterocycles. The predicted molar refractivity (Wildman–Crippen MR) is 69.4 cm³/mol. The van der Waals surface area contributed by atoms with Crippen LogP contribution in [0.25, 0.3) is 0 Å². The Kier molecular flexibility index (Phi) is 4.07. The molecule has 0 spiro atoms. The van der Waals surface area contributed by atoms with Crippen LogP contribution in [0.5, 0.6) is 0 Å². The summed E-state index contributed by atoms with van der Waals surface area (Å²) >= 11 is 0. The molecule has 0 radical (unpaired) electrons. The summed E-state index contributed by atoms with van der Waals surface area (Å²) in [4.78, 5) is -0.423. The Morgan fingerprint density at radius 3 is 2.63 bits per heavy atom. The third-order valence-electron chi connectivity index (χ3n) is 3.34. The maximum atomic E-state index is 13.7. The molecule has 1 aromatic rings. The van der Waals surface area contributed by atoms with Crippen LogP contribution in [0.2, 0.25) is 0 Å². The van der Waals surface area contributed by atoms with Gasteiger partial charge in [0.1, 0.15) is 10.7 Å². The fourth-order valence-corrected chi connectivity index (χ4v) is 3.89. The standard InChI is InChI=1S/C12H17FN2O3S/c13-11-5-4-9(14)8-12(11)19(17,18)15(6-7-16)10-2-1-3-10/h4-5,8,10,16H,1-3,6-7,14H2. The number of hydrogen-bond acceptors (Lipinski definition) is 4. The summed E-state index contributed by atoms with van der Waals surface area (Å²) in [5, 5.41) is 9.01. The second kappa shape index (κ2) is 5.44. The zero-order valence-electron chi connectivity index (χ0n) is 10.4. The number of aliphatic hydroxyl groups excluding tert-OH is 1. The monoisotopic (exact) mass is 288 g/mol. The van der Waals surface area contributed by atoms with E-state index in [1.165, 1.54) is 10.4 Å². The highest BCUT2D eigenvalue weighted by Gasteiger charge is 2.35. The van der Waals surface area contributed by atoms with Gasteiger partial charge < -0.3 is 10.8 Å². The Morgan fingerprint density at radius 1 is 1.42 bits per heavy atom. The zero-order valence-corrected chi connectivity index (χ0v) is 11.2. The van der Waals surface area contributed by atoms with Crippen molar-refractivity contribution in [3.63, 3.8) is 0 Å². The number of nitrogens with zero attached hydrogens (tertiary/aromatic N) is 1. The molecular formula is C12H17FN2O3S. The first-order chi connectivity index (χ1) is 8.96. The topological polar surface area (TPSA) is 83.6 Å². The number of sulfonamides is 1. The maximum absolute atomic E-state index is 13.7. The average molecular weight is 288 g/mol. The molecule has 3 N–H and O–H groups in total. The summed E-state index contributed by atoms with van der Waals surface area (Å²) in [6.45, 7) is -0.319. The van der Waals surface area contributed by atoms with Gasteiger partial charge in [0, 0.05) is 18.3 Å². The van der Waals surface area contributed by atoms with E-state index in [0.29, 0.717) is 0 Å². The van der Waals surface area contributed by atoms with Crippen molar-refractivity contribution in [2.45, 2.75) is 30.2 Å². The van der Waals surface area contributed by atoms with Crippen molar-refractivity contribution >= 4 is 15.7 Å². The first-order valence-electron chi connectivity index (χ1n) is 6.14. The molecule has 1 aliphatic rings. The summed E-state index contributed by atoms with van der Waals surface area (Å²) in [5.74, 6) is -0.823. The van der Waals surface area contributed by atoms with E-state index >= 15 is 0 Å². The number of anilines is 1. The van der Waals surface area contributed by atoms with Crippen LogP contribution in [-0.2, 0) is 10.0 Å². The second-order valence-electron chi connectivity index (χ2n) is 4.61. The molecule has 0 bridgehead atoms. The van der Waals surface area contributed by atoms with Crippen molar-refractivity contribution in [3.05, 3.63) is 24.0 Å². The fourth-order valence-electron chi connectivity index (χ4n) is 2.12. The number of hydrogen-bond donors (Lipinski definition) is 2. The van der Waals surface area contributed by atoms with E-state index in [1.54, 1.807) is 0 Å². The van der Waals surface area contributed by atoms with E-state index in [0.717, 1.165) is 31.4 Å². The molecule has 0 heterocycles. The zero-order chi connectivity index (χ0) is 14.0. The number of nitrogens with two attached hydrogens (primary N) is 1. The molecule has 106 valence electrons. The lowest BCUT2D eigenvalue weighted by atomic mass is 9.93. The van der Waals surface area contributed by atoms with E-state index in [2.05, 4.69) is 0 Å². The van der Waals surface area contributed by atoms with E-state index in [1.807, 2.05) is 0 Å². The van der Waals surface area contributed by atoms with Gasteiger partial charge in [-0.1, -0.05) is 6.42 Å². The lowest BCUT2D eigenvalue weighted by Gasteiger charge is -2.36. The third-order valence-corrected chi connectivity index (χ3v) is 5.31. The van der Waals surface area contributed by atoms with Crippen LogP contribution in [-0.4, -0.2) is 37.0 Å². The normalized spacial score (nSPS) is 16.6. The van der Waals surface area contributed by atoms with Crippen molar-refractivity contribution in [2.24, 2.45) is 0 Å². The Morgan fingerprint density at radius 2 is 2.11 bits per heavy atom. The number of aliphatic hydroxyl groups is 1. The fraction of sp³-hybridized carbons (Fsp3) is 0.500. The van der Waals surface area contributed by atoms with Gasteiger partial charge in [0.05, 0.1) is 6.61 Å². The van der Waals surface area contributed by atoms with Gasteiger partial charge in [-0.2, -0.15) is 4.31 Å². The van der Waals surface area contributed by atoms with Crippen LogP contribution in [0.4, 0.5) is 10.1 Å². The van der Waals surface area contributed by atoms with E-state index in [4.69, 9.17) is 10.8 Å². The van der Waals surface area contributed by atoms with Crippen molar-refractivity contribution in [2.75, 3.05) is 18.9 Å². The van der Waals surface area contributed by atoms with Crippen LogP contribution >= 0.6 is 0 Å². The largest absolute Gasteiger partial charge is 0.399 e. The summed E-state index contributed by atoms with van der Waals surface area (Å²) in [5.41, 5.74) is 5.71. The molecule has 1 aromatic carbocycles. The quantitative estimate of drug-likeness (QED) is 0.790. The first-order valence-corrected chi connectivity index (χ1v) is 7.58. The minimum Gasteiger partial charge on any atom is -0.399 e. The molecular weight excluding hydrogens is 271 g/mol. The summed E-state index contributed by atoms with van der Waals surface area (Å²) in [7, 11) is -3.96. The first kappa shape index (κ1) is 14.2. The van der Waals surface area contributed by atoms with Crippen LogP contribution in [0, 0.1) is 5.82 Å². The summed E-state index contributed by atoms with van der Waals surface area (Å²) in [6, 6.07) is 3.32. The van der Waals surface area contributed by atoms with Gasteiger partial charge in [-0.3, -0.25) is 0 Å². The van der Waals surface area contributed by atoms with Crippen LogP contribution in [0.3, 0.4) is 0 Å². The highest BCUT2D eigenvalue weighted by molar-refractivity contribution is 7.89. The molecule has 2 rings (SSSR count). The lowest BCUT2D eigenvalue weighted by molar-refractivity contribution is 0.178. The van der Waals surface area contributed by atoms with Gasteiger partial charge in [-0.05, 0) is 31.0 Å². The molecule has 0 aromatic heterocycles. The van der Waals surface area contributed by atoms with Crippen LogP contribution < -0.4 is 5.73 Å². The predicted octanol–water partition coefficient (Wildman–Crippen LogP) is 0.943. The Hall–Kier alpha value is -1.18. The molecule has 1 aliphatic carbocycles. The highest BCUT2D eigenvalue weighted by Crippen LogP contribution is 2.31. The van der Waals surface area contributed by atoms with Gasteiger partial charge in [0.25, 0.3) is 0 Å². The molecule has 5 nitrogen and oxygen atoms in total. The van der Waals surface area contributed by atoms with Gasteiger partial charge in [-0.15, -0.1) is 0 Å². The van der Waals surface area contributed by atoms with E-state index < -0.39 is 20.7 Å². The molecule has 0 unspecified atom stereocenters. The average Bonchev–Trinajstić information content (AvgIpc) is 2.29. The lowest BCUT2D eigenvalue weighted by Crippen LogP contribution is -2.45. The summed E-state index contributed by atoms with van der Waals surface area (Å²) in [6.07, 6.45) is 2.42. The number of halogens is 1. The van der Waals surface area contributed by atoms with Crippen LogP contribution in [0.1, 0.15) is 19.3 Å². The Balaban J connectivity index is 2.40. The van der Waals surface area contributed by atoms with Gasteiger partial charge >= 0.3 is 0 Å². The van der Waals surface area contributed by atoms with Crippen molar-refractivity contribution < 1.29 is 17.9 Å². The highest BCUT2D eigenvalue weighted by atomic mass is 32.2. The molecule has 7 heteroatoms. The number of nitrogen functional groups attached to an aromatic ring is 1. The molecule has 19 heavy (non-hydrogen) atoms. The Labute approximate surface area is 111 Å². The molecule has 0 saturated heterocycles. The van der Waals surface area contributed by atoms with Crippen molar-refractivity contribution in [3.8, 4) is 0 Å². The van der Waals surface area contributed by atoms with E-state index in [9.17, 15) is 12.8 Å². The van der Waals surface area contributed by atoms with Crippen molar-refractivity contribution in [1.29, 1.82) is 0 Å². The maximum Gasteiger partial charge on any atom is 0.246 e. The smallest absolute Gasteiger partial charge is 0.246 e. The van der Waals surface area contributed by atoms with Gasteiger partial charge in [-0.25, -0.2) is 12.8 Å². The number of rotatable bonds is 5. The minimum atomic E-state index is -3.96. The van der Waals surface area contributed by atoms with Gasteiger partial charge in [0.2, 0.25) is 10.0 Å². The molecule has 0 atom stereocenters. The van der Waals surface area contributed by atoms with E-state index in [-0.39, 0.29) is 24.9 Å². The van der Waals surface area contributed by atoms with Crippen LogP contribution in [0.15, 0.2) is 23.1 Å². The molecule has 1 saturated carbocycles. The third kappa shape index (κ3) is 2.72. The van der Waals surface area contributed by atoms with Crippen molar-refractivity contribution in [1.82, 2.24) is 4.31 Å². The Bertz CT molecular complexity index is 558. The number of benzene rings is 1. The SMILES string of the molecule is Nc1ccc(F)c(S(=O)(=O)N(CCO)C2CCC2)c1. The minimum absolute atomic E-state index is 0.0265. The molecule has 1 fully saturated rings. The summed E-state index contributed by atoms with van der Waals surface area (Å²) < 4.78 is 39.8. The van der Waals surface area contributed by atoms with Gasteiger partial charge in [0.15, 0.2) is 0 Å². The second-order valence-corrected chi connectivity index (χ2v) is 6.47. The molecule has 0 amide bonds.